The normalized spacial score (nSPS) is 12.9. The fourth-order valence-corrected chi connectivity index (χ4v) is 14.1. The molecule has 0 bridgehead atoms. The first-order valence-electron chi connectivity index (χ1n) is 30.8. The van der Waals surface area contributed by atoms with Gasteiger partial charge in [0.15, 0.2) is 0 Å². The molecule has 0 radical (unpaired) electrons. The molecule has 0 aliphatic rings. The van der Waals surface area contributed by atoms with E-state index in [0.29, 0.717) is 0 Å². The molecule has 0 amide bonds. The van der Waals surface area contributed by atoms with E-state index < -0.39 is 0 Å². The number of benzene rings is 11. The molecule has 4 heterocycles. The van der Waals surface area contributed by atoms with Crippen LogP contribution in [0.5, 0.6) is 0 Å². The average molecular weight is 1120 g/mol. The second kappa shape index (κ2) is 19.1. The van der Waals surface area contributed by atoms with Crippen molar-refractivity contribution >= 4 is 110 Å². The highest BCUT2D eigenvalue weighted by atomic mass is 15.2. The molecular weight excluding hydrogens is 1040 g/mol. The average Bonchev–Trinajstić information content (AvgIpc) is 1.50. The summed E-state index contributed by atoms with van der Waals surface area (Å²) in [7, 11) is 0. The molecule has 0 spiro atoms. The Kier molecular flexibility index (Phi) is 11.8. The van der Waals surface area contributed by atoms with Crippen LogP contribution in [0.3, 0.4) is 0 Å². The lowest BCUT2D eigenvalue weighted by Gasteiger charge is -2.28. The predicted molar refractivity (Wildman–Crippen MR) is 371 cm³/mol. The Hall–Kier alpha value is -9.38. The number of anilines is 6. The summed E-state index contributed by atoms with van der Waals surface area (Å²) in [6, 6.07) is 87.8. The van der Waals surface area contributed by atoms with Gasteiger partial charge < -0.3 is 18.6 Å². The van der Waals surface area contributed by atoms with Crippen molar-refractivity contribution in [1.82, 2.24) is 8.80 Å². The van der Waals surface area contributed by atoms with Crippen molar-refractivity contribution in [2.45, 2.75) is 105 Å². The monoisotopic (exact) mass is 1110 g/mol. The van der Waals surface area contributed by atoms with Gasteiger partial charge in [0.2, 0.25) is 0 Å². The first-order chi connectivity index (χ1) is 41.2. The third-order valence-corrected chi connectivity index (χ3v) is 18.6. The second-order valence-electron chi connectivity index (χ2n) is 28.3. The number of hydrogen-bond donors (Lipinski definition) is 0. The van der Waals surface area contributed by atoms with Crippen LogP contribution in [0.4, 0.5) is 34.1 Å². The number of fused-ring (bicyclic) bond motifs is 12. The van der Waals surface area contributed by atoms with Gasteiger partial charge in [-0.1, -0.05) is 241 Å². The number of nitrogens with zero attached hydrogens (tertiary/aromatic N) is 4. The molecule has 0 aliphatic heterocycles. The standard InChI is InChI=1S/C82H74N4/c1-79(2,3)53-29-37-57(38-30-53)83(58-39-31-54(32-40-58)80(4,5)6)61-45-47-63-65-25-19-27-67-73-72(52-23-17-14-18-24-52)78-74(71(51-21-15-13-16-22-51)77(73)85(75(65)67)69(63)49-61)68-28-20-26-66-64-48-46-62(50-70(64)86(78)76(66)68)84(59-41-33-55(34-42-59)81(7,8)9)60-43-35-56(36-44-60)82(10,11)12/h13-50H,1-12H3. The van der Waals surface area contributed by atoms with Crippen molar-refractivity contribution in [3.8, 4) is 22.3 Å². The van der Waals surface area contributed by atoms with Gasteiger partial charge in [-0.3, -0.25) is 0 Å². The summed E-state index contributed by atoms with van der Waals surface area (Å²) < 4.78 is 5.30. The van der Waals surface area contributed by atoms with Gasteiger partial charge >= 0.3 is 0 Å². The minimum absolute atomic E-state index is 0.0250. The van der Waals surface area contributed by atoms with Crippen LogP contribution in [-0.4, -0.2) is 8.80 Å². The molecule has 0 saturated heterocycles. The highest BCUT2D eigenvalue weighted by Crippen LogP contribution is 2.55. The van der Waals surface area contributed by atoms with E-state index in [1.165, 1.54) is 121 Å². The lowest BCUT2D eigenvalue weighted by atomic mass is 9.86. The van der Waals surface area contributed by atoms with Crippen molar-refractivity contribution in [2.24, 2.45) is 0 Å². The van der Waals surface area contributed by atoms with Crippen molar-refractivity contribution < 1.29 is 0 Å². The van der Waals surface area contributed by atoms with E-state index >= 15 is 0 Å². The van der Waals surface area contributed by atoms with Gasteiger partial charge in [0.05, 0.1) is 33.1 Å². The first-order valence-corrected chi connectivity index (χ1v) is 30.8. The van der Waals surface area contributed by atoms with Gasteiger partial charge in [0.25, 0.3) is 0 Å². The van der Waals surface area contributed by atoms with E-state index in [-0.39, 0.29) is 21.7 Å². The SMILES string of the molecule is CC(C)(C)c1ccc(N(c2ccc(C(C)(C)C)cc2)c2ccc3c4cccc5c6c(-c7ccccc7)c7c(c(-c8ccccc8)c6n(c3c2)c45)c2cccc3c4ccc(N(c5ccc(C(C)(C)C)cc5)c5ccc(C(C)(C)C)cc5)cc4n7c32)cc1. The van der Waals surface area contributed by atoms with E-state index in [0.717, 1.165) is 34.1 Å². The smallest absolute Gasteiger partial charge is 0.0634 e. The topological polar surface area (TPSA) is 15.3 Å². The summed E-state index contributed by atoms with van der Waals surface area (Å²) >= 11 is 0. The van der Waals surface area contributed by atoms with Crippen LogP contribution in [0.1, 0.15) is 105 Å². The number of para-hydroxylation sites is 2. The van der Waals surface area contributed by atoms with Gasteiger partial charge in [-0.05, 0) is 128 Å². The molecule has 0 aliphatic carbocycles. The van der Waals surface area contributed by atoms with Crippen LogP contribution < -0.4 is 9.80 Å². The fraction of sp³-hybridized carbons (Fsp3) is 0.195. The highest BCUT2D eigenvalue weighted by molar-refractivity contribution is 6.38. The lowest BCUT2D eigenvalue weighted by Crippen LogP contribution is -2.14. The largest absolute Gasteiger partial charge is 0.310 e. The Morgan fingerprint density at radius 3 is 0.814 bits per heavy atom. The Labute approximate surface area is 505 Å². The zero-order chi connectivity index (χ0) is 59.3. The predicted octanol–water partition coefficient (Wildman–Crippen LogP) is 23.5. The van der Waals surface area contributed by atoms with Crippen molar-refractivity contribution in [3.05, 3.63) is 253 Å². The van der Waals surface area contributed by atoms with E-state index in [2.05, 4.69) is 332 Å². The molecular formula is C82H74N4. The molecule has 11 aromatic carbocycles. The summed E-state index contributed by atoms with van der Waals surface area (Å²) in [6.07, 6.45) is 0. The third kappa shape index (κ3) is 8.31. The van der Waals surface area contributed by atoms with Crippen LogP contribution in [0.25, 0.3) is 98.4 Å². The van der Waals surface area contributed by atoms with Crippen LogP contribution in [0.15, 0.2) is 231 Å². The maximum atomic E-state index is 2.65. The van der Waals surface area contributed by atoms with Gasteiger partial charge in [0, 0.05) is 88.3 Å². The summed E-state index contributed by atoms with van der Waals surface area (Å²) in [5.74, 6) is 0. The molecule has 0 fully saturated rings. The van der Waals surface area contributed by atoms with Gasteiger partial charge in [0.1, 0.15) is 0 Å². The molecule has 422 valence electrons. The number of rotatable bonds is 8. The minimum Gasteiger partial charge on any atom is -0.310 e. The summed E-state index contributed by atoms with van der Waals surface area (Å²) in [5, 5.41) is 9.98. The van der Waals surface area contributed by atoms with Crippen LogP contribution in [0, 0.1) is 0 Å². The maximum Gasteiger partial charge on any atom is 0.0634 e. The lowest BCUT2D eigenvalue weighted by molar-refractivity contribution is 0.590. The molecule has 4 nitrogen and oxygen atoms in total. The molecule has 0 saturated carbocycles. The van der Waals surface area contributed by atoms with Crippen LogP contribution >= 0.6 is 0 Å². The van der Waals surface area contributed by atoms with Gasteiger partial charge in [-0.25, -0.2) is 0 Å². The molecule has 4 aromatic heterocycles. The summed E-state index contributed by atoms with van der Waals surface area (Å²) in [5.41, 5.74) is 24.2. The van der Waals surface area contributed by atoms with Crippen molar-refractivity contribution in [2.75, 3.05) is 9.80 Å². The summed E-state index contributed by atoms with van der Waals surface area (Å²) in [4.78, 5) is 4.90. The van der Waals surface area contributed by atoms with E-state index in [1.54, 1.807) is 0 Å². The van der Waals surface area contributed by atoms with Crippen LogP contribution in [-0.2, 0) is 21.7 Å². The Balaban J connectivity index is 1.06. The summed E-state index contributed by atoms with van der Waals surface area (Å²) in [6.45, 7) is 27.5. The molecule has 15 rings (SSSR count). The zero-order valence-corrected chi connectivity index (χ0v) is 51.7. The minimum atomic E-state index is 0.0250. The molecule has 0 N–H and O–H groups in total. The zero-order valence-electron chi connectivity index (χ0n) is 51.7. The molecule has 4 heteroatoms. The highest BCUT2D eigenvalue weighted by Gasteiger charge is 2.32. The number of hydrogen-bond acceptors (Lipinski definition) is 2. The first kappa shape index (κ1) is 53.4. The Morgan fingerprint density at radius 1 is 0.244 bits per heavy atom. The molecule has 0 unspecified atom stereocenters. The van der Waals surface area contributed by atoms with Gasteiger partial charge in [-0.2, -0.15) is 0 Å². The third-order valence-electron chi connectivity index (χ3n) is 18.6. The van der Waals surface area contributed by atoms with Crippen LogP contribution in [0.2, 0.25) is 0 Å². The molecule has 0 atom stereocenters. The van der Waals surface area contributed by atoms with E-state index in [4.69, 9.17) is 0 Å². The molecule has 15 aromatic rings. The Bertz CT molecular complexity index is 4630. The maximum absolute atomic E-state index is 2.65. The van der Waals surface area contributed by atoms with Crippen molar-refractivity contribution in [1.29, 1.82) is 0 Å². The second-order valence-corrected chi connectivity index (χ2v) is 28.3. The van der Waals surface area contributed by atoms with E-state index in [9.17, 15) is 0 Å². The quantitative estimate of drug-likeness (QED) is 0.151. The Morgan fingerprint density at radius 2 is 0.523 bits per heavy atom. The van der Waals surface area contributed by atoms with Crippen molar-refractivity contribution in [3.63, 3.8) is 0 Å². The number of aromatic nitrogens is 2. The van der Waals surface area contributed by atoms with Gasteiger partial charge in [-0.15, -0.1) is 0 Å². The van der Waals surface area contributed by atoms with E-state index in [1.807, 2.05) is 0 Å². The molecule has 86 heavy (non-hydrogen) atoms. The fourth-order valence-electron chi connectivity index (χ4n) is 14.1.